The summed E-state index contributed by atoms with van der Waals surface area (Å²) in [4.78, 5) is 12.2. The van der Waals surface area contributed by atoms with E-state index in [0.717, 1.165) is 11.1 Å². The molecule has 0 aliphatic carbocycles. The summed E-state index contributed by atoms with van der Waals surface area (Å²) in [6, 6.07) is 14.1. The topological polar surface area (TPSA) is 87.5 Å². The Morgan fingerprint density at radius 3 is 2.40 bits per heavy atom. The minimum atomic E-state index is -3.91. The van der Waals surface area contributed by atoms with Gasteiger partial charge in [0.15, 0.2) is 0 Å². The van der Waals surface area contributed by atoms with E-state index in [2.05, 4.69) is 0 Å². The molecule has 1 aliphatic rings. The van der Waals surface area contributed by atoms with E-state index in [4.69, 9.17) is 10.00 Å². The van der Waals surface area contributed by atoms with Crippen LogP contribution < -0.4 is 0 Å². The van der Waals surface area contributed by atoms with Gasteiger partial charge in [0.25, 0.3) is 0 Å². The molecule has 1 atom stereocenters. The summed E-state index contributed by atoms with van der Waals surface area (Å²) in [6.45, 7) is 0.0955. The first-order valence-electron chi connectivity index (χ1n) is 7.64. The number of carbonyl (C=O) groups is 1. The number of esters is 1. The van der Waals surface area contributed by atoms with Crippen LogP contribution in [0.2, 0.25) is 0 Å². The van der Waals surface area contributed by atoms with E-state index in [9.17, 15) is 13.2 Å². The highest BCUT2D eigenvalue weighted by Crippen LogP contribution is 2.29. The van der Waals surface area contributed by atoms with Crippen molar-refractivity contribution in [2.75, 3.05) is 7.11 Å². The summed E-state index contributed by atoms with van der Waals surface area (Å²) < 4.78 is 32.1. The summed E-state index contributed by atoms with van der Waals surface area (Å²) in [6.07, 6.45) is 0.262. The van der Waals surface area contributed by atoms with Gasteiger partial charge in [-0.15, -0.1) is 0 Å². The Kier molecular flexibility index (Phi) is 4.57. The lowest BCUT2D eigenvalue weighted by Crippen LogP contribution is -2.48. The van der Waals surface area contributed by atoms with Crippen molar-refractivity contribution in [1.82, 2.24) is 4.31 Å². The normalized spacial score (nSPS) is 17.4. The summed E-state index contributed by atoms with van der Waals surface area (Å²) in [7, 11) is -2.67. The van der Waals surface area contributed by atoms with Gasteiger partial charge in [0.05, 0.1) is 23.6 Å². The lowest BCUT2D eigenvalue weighted by Gasteiger charge is -2.34. The molecule has 0 bridgehead atoms. The Labute approximate surface area is 146 Å². The zero-order valence-electron chi connectivity index (χ0n) is 13.5. The van der Waals surface area contributed by atoms with Crippen molar-refractivity contribution in [1.29, 1.82) is 5.26 Å². The number of hydrogen-bond donors (Lipinski definition) is 0. The predicted octanol–water partition coefficient (Wildman–Crippen LogP) is 1.85. The molecule has 0 aromatic heterocycles. The van der Waals surface area contributed by atoms with Gasteiger partial charge in [-0.25, -0.2) is 8.42 Å². The van der Waals surface area contributed by atoms with Gasteiger partial charge >= 0.3 is 5.97 Å². The van der Waals surface area contributed by atoms with Crippen LogP contribution in [0.1, 0.15) is 16.7 Å². The number of nitrogens with zero attached hydrogens (tertiary/aromatic N) is 2. The van der Waals surface area contributed by atoms with Crippen molar-refractivity contribution < 1.29 is 17.9 Å². The van der Waals surface area contributed by atoms with E-state index < -0.39 is 22.0 Å². The molecule has 0 radical (unpaired) electrons. The van der Waals surface area contributed by atoms with Crippen LogP contribution >= 0.6 is 0 Å². The van der Waals surface area contributed by atoms with Crippen LogP contribution in [-0.2, 0) is 32.5 Å². The first-order chi connectivity index (χ1) is 12.0. The predicted molar refractivity (Wildman–Crippen MR) is 89.8 cm³/mol. The summed E-state index contributed by atoms with van der Waals surface area (Å²) in [5, 5.41) is 8.86. The Balaban J connectivity index is 2.05. The van der Waals surface area contributed by atoms with Gasteiger partial charge in [0.2, 0.25) is 10.0 Å². The van der Waals surface area contributed by atoms with Crippen LogP contribution in [0.5, 0.6) is 0 Å². The molecule has 1 aliphatic heterocycles. The minimum Gasteiger partial charge on any atom is -0.468 e. The first kappa shape index (κ1) is 17.1. The maximum absolute atomic E-state index is 13.1. The van der Waals surface area contributed by atoms with E-state index in [0.29, 0.717) is 5.56 Å². The average Bonchev–Trinajstić information content (AvgIpc) is 2.66. The third-order valence-electron chi connectivity index (χ3n) is 4.27. The van der Waals surface area contributed by atoms with Crippen molar-refractivity contribution in [3.05, 3.63) is 65.2 Å². The van der Waals surface area contributed by atoms with Gasteiger partial charge in [0, 0.05) is 13.0 Å². The molecule has 0 unspecified atom stereocenters. The molecule has 3 rings (SSSR count). The number of ether oxygens (including phenoxy) is 1. The first-order valence-corrected chi connectivity index (χ1v) is 9.08. The Bertz CT molecular complexity index is 946. The smallest absolute Gasteiger partial charge is 0.324 e. The van der Waals surface area contributed by atoms with Crippen molar-refractivity contribution in [2.45, 2.75) is 23.9 Å². The standard InChI is InChI=1S/C18H16N2O4S/c1-24-18(21)17-10-14-4-2-3-5-15(14)12-20(17)25(22,23)16-8-6-13(11-19)7-9-16/h2-9,17H,10,12H2,1H3/t17-/m0/s1. The Morgan fingerprint density at radius 2 is 1.80 bits per heavy atom. The number of methoxy groups -OCH3 is 1. The number of sulfonamides is 1. The molecule has 0 fully saturated rings. The number of fused-ring (bicyclic) bond motifs is 1. The molecule has 0 amide bonds. The van der Waals surface area contributed by atoms with E-state index in [1.54, 1.807) is 0 Å². The molecule has 7 heteroatoms. The molecule has 6 nitrogen and oxygen atoms in total. The minimum absolute atomic E-state index is 0.0415. The highest BCUT2D eigenvalue weighted by molar-refractivity contribution is 7.89. The fraction of sp³-hybridized carbons (Fsp3) is 0.222. The number of hydrogen-bond acceptors (Lipinski definition) is 5. The summed E-state index contributed by atoms with van der Waals surface area (Å²) in [5.41, 5.74) is 2.16. The van der Waals surface area contributed by atoms with Crippen molar-refractivity contribution in [3.8, 4) is 6.07 Å². The number of carbonyl (C=O) groups excluding carboxylic acids is 1. The number of rotatable bonds is 3. The van der Waals surface area contributed by atoms with E-state index in [1.807, 2.05) is 30.3 Å². The molecule has 2 aromatic carbocycles. The second-order valence-electron chi connectivity index (χ2n) is 5.70. The molecule has 25 heavy (non-hydrogen) atoms. The van der Waals surface area contributed by atoms with Crippen molar-refractivity contribution in [2.24, 2.45) is 0 Å². The third-order valence-corrected chi connectivity index (χ3v) is 6.14. The lowest BCUT2D eigenvalue weighted by atomic mass is 9.96. The Morgan fingerprint density at radius 1 is 1.16 bits per heavy atom. The molecule has 0 saturated heterocycles. The number of nitriles is 1. The fourth-order valence-electron chi connectivity index (χ4n) is 2.93. The van der Waals surface area contributed by atoms with Gasteiger partial charge in [-0.3, -0.25) is 4.79 Å². The van der Waals surface area contributed by atoms with Crippen LogP contribution in [-0.4, -0.2) is 31.8 Å². The van der Waals surface area contributed by atoms with Crippen LogP contribution in [0.3, 0.4) is 0 Å². The van der Waals surface area contributed by atoms with Crippen LogP contribution in [0.25, 0.3) is 0 Å². The van der Waals surface area contributed by atoms with Gasteiger partial charge in [0.1, 0.15) is 6.04 Å². The molecule has 128 valence electrons. The molecular weight excluding hydrogens is 340 g/mol. The molecule has 1 heterocycles. The second-order valence-corrected chi connectivity index (χ2v) is 7.59. The Hall–Kier alpha value is -2.69. The van der Waals surface area contributed by atoms with Gasteiger partial charge in [-0.1, -0.05) is 24.3 Å². The van der Waals surface area contributed by atoms with Crippen LogP contribution in [0, 0.1) is 11.3 Å². The molecule has 2 aromatic rings. The van der Waals surface area contributed by atoms with Crippen molar-refractivity contribution >= 4 is 16.0 Å². The van der Waals surface area contributed by atoms with Gasteiger partial charge in [-0.2, -0.15) is 9.57 Å². The second kappa shape index (κ2) is 6.67. The van der Waals surface area contributed by atoms with E-state index in [1.165, 1.54) is 35.7 Å². The largest absolute Gasteiger partial charge is 0.468 e. The average molecular weight is 356 g/mol. The van der Waals surface area contributed by atoms with Crippen LogP contribution in [0.15, 0.2) is 53.4 Å². The molecule has 0 N–H and O–H groups in total. The molecule has 0 saturated carbocycles. The fourth-order valence-corrected chi connectivity index (χ4v) is 4.48. The summed E-state index contributed by atoms with van der Waals surface area (Å²) >= 11 is 0. The third kappa shape index (κ3) is 3.14. The zero-order valence-corrected chi connectivity index (χ0v) is 14.4. The lowest BCUT2D eigenvalue weighted by molar-refractivity contribution is -0.145. The zero-order chi connectivity index (χ0) is 18.0. The van der Waals surface area contributed by atoms with Gasteiger partial charge in [-0.05, 0) is 35.4 Å². The quantitative estimate of drug-likeness (QED) is 0.783. The van der Waals surface area contributed by atoms with E-state index in [-0.39, 0.29) is 17.9 Å². The molecule has 0 spiro atoms. The highest BCUT2D eigenvalue weighted by atomic mass is 32.2. The van der Waals surface area contributed by atoms with Gasteiger partial charge < -0.3 is 4.74 Å². The highest BCUT2D eigenvalue weighted by Gasteiger charge is 2.40. The van der Waals surface area contributed by atoms with E-state index >= 15 is 0 Å². The van der Waals surface area contributed by atoms with Crippen LogP contribution in [0.4, 0.5) is 0 Å². The number of benzene rings is 2. The monoisotopic (exact) mass is 356 g/mol. The SMILES string of the molecule is COC(=O)[C@@H]1Cc2ccccc2CN1S(=O)(=O)c1ccc(C#N)cc1. The maximum atomic E-state index is 13.1. The maximum Gasteiger partial charge on any atom is 0.324 e. The summed E-state index contributed by atoms with van der Waals surface area (Å²) in [5.74, 6) is -0.591. The van der Waals surface area contributed by atoms with Crippen molar-refractivity contribution in [3.63, 3.8) is 0 Å². The molecular formula is C18H16N2O4S.